The minimum Gasteiger partial charge on any atom is -0.497 e. The third kappa shape index (κ3) is 5.21. The Labute approximate surface area is 108 Å². The van der Waals surface area contributed by atoms with Crippen LogP contribution in [0.4, 0.5) is 0 Å². The van der Waals surface area contributed by atoms with Crippen molar-refractivity contribution in [3.05, 3.63) is 36.9 Å². The summed E-state index contributed by atoms with van der Waals surface area (Å²) >= 11 is 0. The molecule has 0 spiro atoms. The van der Waals surface area contributed by atoms with Crippen molar-refractivity contribution in [2.45, 2.75) is 19.1 Å². The maximum Gasteiger partial charge on any atom is 0.123 e. The van der Waals surface area contributed by atoms with Gasteiger partial charge in [0.25, 0.3) is 0 Å². The summed E-state index contributed by atoms with van der Waals surface area (Å²) in [5, 5.41) is 12.8. The van der Waals surface area contributed by atoms with E-state index < -0.39 is 6.10 Å². The van der Waals surface area contributed by atoms with Gasteiger partial charge < -0.3 is 19.9 Å². The zero-order valence-electron chi connectivity index (χ0n) is 10.9. The molecule has 1 aromatic carbocycles. The number of hydrogen-bond acceptors (Lipinski definition) is 4. The molecular weight excluding hydrogens is 230 g/mol. The largest absolute Gasteiger partial charge is 0.497 e. The summed E-state index contributed by atoms with van der Waals surface area (Å²) in [6.07, 6.45) is 1.23. The molecule has 0 bridgehead atoms. The van der Waals surface area contributed by atoms with Crippen molar-refractivity contribution in [3.63, 3.8) is 0 Å². The minimum atomic E-state index is -0.557. The number of benzene rings is 1. The van der Waals surface area contributed by atoms with Crippen LogP contribution in [-0.4, -0.2) is 37.5 Å². The fourth-order valence-corrected chi connectivity index (χ4v) is 1.35. The molecule has 4 heteroatoms. The molecule has 18 heavy (non-hydrogen) atoms. The molecule has 2 atom stereocenters. The summed E-state index contributed by atoms with van der Waals surface area (Å²) in [5.41, 5.74) is 0. The monoisotopic (exact) mass is 251 g/mol. The van der Waals surface area contributed by atoms with E-state index in [2.05, 4.69) is 11.9 Å². The maximum atomic E-state index is 9.73. The average molecular weight is 251 g/mol. The van der Waals surface area contributed by atoms with Crippen LogP contribution in [0.1, 0.15) is 6.92 Å². The third-order valence-electron chi connectivity index (χ3n) is 2.51. The van der Waals surface area contributed by atoms with Gasteiger partial charge in [-0.15, -0.1) is 6.58 Å². The SMILES string of the molecule is C=CC(C)NCC(O)COc1cccc(OC)c1. The van der Waals surface area contributed by atoms with E-state index in [1.807, 2.05) is 25.1 Å². The Hall–Kier alpha value is -1.52. The predicted molar refractivity (Wildman–Crippen MR) is 72.2 cm³/mol. The molecule has 4 nitrogen and oxygen atoms in total. The second-order valence-electron chi connectivity index (χ2n) is 4.08. The van der Waals surface area contributed by atoms with Crippen LogP contribution in [0.2, 0.25) is 0 Å². The quantitative estimate of drug-likeness (QED) is 0.689. The van der Waals surface area contributed by atoms with E-state index >= 15 is 0 Å². The molecule has 0 fully saturated rings. The average Bonchev–Trinajstić information content (AvgIpc) is 2.42. The maximum absolute atomic E-state index is 9.73. The number of rotatable bonds is 8. The van der Waals surface area contributed by atoms with Gasteiger partial charge in [0.15, 0.2) is 0 Å². The molecule has 0 aliphatic rings. The third-order valence-corrected chi connectivity index (χ3v) is 2.51. The first kappa shape index (κ1) is 14.5. The number of aliphatic hydroxyl groups is 1. The molecule has 0 radical (unpaired) electrons. The highest BCUT2D eigenvalue weighted by Gasteiger charge is 2.06. The minimum absolute atomic E-state index is 0.177. The van der Waals surface area contributed by atoms with Crippen molar-refractivity contribution in [3.8, 4) is 11.5 Å². The number of ether oxygens (including phenoxy) is 2. The van der Waals surface area contributed by atoms with Crippen molar-refractivity contribution in [1.29, 1.82) is 0 Å². The fourth-order valence-electron chi connectivity index (χ4n) is 1.35. The fraction of sp³-hybridized carbons (Fsp3) is 0.429. The molecule has 1 rings (SSSR count). The molecule has 2 unspecified atom stereocenters. The molecule has 0 amide bonds. The van der Waals surface area contributed by atoms with E-state index in [1.54, 1.807) is 19.3 Å². The number of aliphatic hydroxyl groups excluding tert-OH is 1. The van der Waals surface area contributed by atoms with E-state index in [1.165, 1.54) is 0 Å². The van der Waals surface area contributed by atoms with Crippen LogP contribution in [0.5, 0.6) is 11.5 Å². The smallest absolute Gasteiger partial charge is 0.123 e. The van der Waals surface area contributed by atoms with Gasteiger partial charge in [-0.05, 0) is 19.1 Å². The molecule has 2 N–H and O–H groups in total. The summed E-state index contributed by atoms with van der Waals surface area (Å²) in [7, 11) is 1.61. The lowest BCUT2D eigenvalue weighted by Gasteiger charge is -2.15. The normalized spacial score (nSPS) is 13.7. The van der Waals surface area contributed by atoms with Gasteiger partial charge in [0.2, 0.25) is 0 Å². The van der Waals surface area contributed by atoms with Crippen molar-refractivity contribution < 1.29 is 14.6 Å². The summed E-state index contributed by atoms with van der Waals surface area (Å²) in [6, 6.07) is 7.48. The molecule has 0 aromatic heterocycles. The highest BCUT2D eigenvalue weighted by Crippen LogP contribution is 2.18. The van der Waals surface area contributed by atoms with Crippen molar-refractivity contribution in [1.82, 2.24) is 5.32 Å². The lowest BCUT2D eigenvalue weighted by atomic mass is 10.3. The Balaban J connectivity index is 2.32. The van der Waals surface area contributed by atoms with Crippen LogP contribution < -0.4 is 14.8 Å². The van der Waals surface area contributed by atoms with E-state index in [9.17, 15) is 5.11 Å². The second-order valence-corrected chi connectivity index (χ2v) is 4.08. The van der Waals surface area contributed by atoms with E-state index in [-0.39, 0.29) is 12.6 Å². The number of methoxy groups -OCH3 is 1. The molecule has 0 saturated carbocycles. The van der Waals surface area contributed by atoms with Gasteiger partial charge in [0.1, 0.15) is 24.2 Å². The molecular formula is C14H21NO3. The van der Waals surface area contributed by atoms with Gasteiger partial charge in [-0.25, -0.2) is 0 Å². The van der Waals surface area contributed by atoms with Crippen LogP contribution in [0, 0.1) is 0 Å². The van der Waals surface area contributed by atoms with Crippen LogP contribution in [-0.2, 0) is 0 Å². The standard InChI is InChI=1S/C14H21NO3/c1-4-11(2)15-9-12(16)10-18-14-7-5-6-13(8-14)17-3/h4-8,11-12,15-16H,1,9-10H2,2-3H3. The first-order valence-electron chi connectivity index (χ1n) is 5.96. The van der Waals surface area contributed by atoms with Gasteiger partial charge >= 0.3 is 0 Å². The second kappa shape index (κ2) is 7.74. The molecule has 100 valence electrons. The predicted octanol–water partition coefficient (Wildman–Crippen LogP) is 1.60. The zero-order chi connectivity index (χ0) is 13.4. The Morgan fingerprint density at radius 1 is 1.44 bits per heavy atom. The molecule has 0 aliphatic carbocycles. The van der Waals surface area contributed by atoms with Crippen molar-refractivity contribution >= 4 is 0 Å². The summed E-state index contributed by atoms with van der Waals surface area (Å²) in [4.78, 5) is 0. The highest BCUT2D eigenvalue weighted by molar-refractivity contribution is 5.32. The zero-order valence-corrected chi connectivity index (χ0v) is 10.9. The molecule has 0 saturated heterocycles. The number of nitrogens with one attached hydrogen (secondary N) is 1. The Morgan fingerprint density at radius 3 is 2.83 bits per heavy atom. The lowest BCUT2D eigenvalue weighted by molar-refractivity contribution is 0.105. The van der Waals surface area contributed by atoms with Gasteiger partial charge in [-0.3, -0.25) is 0 Å². The van der Waals surface area contributed by atoms with Crippen LogP contribution in [0.3, 0.4) is 0 Å². The van der Waals surface area contributed by atoms with Gasteiger partial charge in [-0.2, -0.15) is 0 Å². The van der Waals surface area contributed by atoms with Crippen LogP contribution in [0.25, 0.3) is 0 Å². The van der Waals surface area contributed by atoms with Crippen LogP contribution in [0.15, 0.2) is 36.9 Å². The topological polar surface area (TPSA) is 50.7 Å². The summed E-state index contributed by atoms with van der Waals surface area (Å²) in [5.74, 6) is 1.42. The lowest BCUT2D eigenvalue weighted by Crippen LogP contribution is -2.35. The Bertz CT molecular complexity index is 368. The Kier molecular flexibility index (Phi) is 6.25. The molecule has 0 aliphatic heterocycles. The van der Waals surface area contributed by atoms with Gasteiger partial charge in [0.05, 0.1) is 7.11 Å². The van der Waals surface area contributed by atoms with Crippen LogP contribution >= 0.6 is 0 Å². The number of hydrogen-bond donors (Lipinski definition) is 2. The van der Waals surface area contributed by atoms with E-state index in [4.69, 9.17) is 9.47 Å². The molecule has 0 heterocycles. The first-order chi connectivity index (χ1) is 8.65. The van der Waals surface area contributed by atoms with Crippen molar-refractivity contribution in [2.24, 2.45) is 0 Å². The molecule has 1 aromatic rings. The summed E-state index contributed by atoms with van der Waals surface area (Å²) in [6.45, 7) is 6.35. The van der Waals surface area contributed by atoms with Crippen molar-refractivity contribution in [2.75, 3.05) is 20.3 Å². The van der Waals surface area contributed by atoms with Gasteiger partial charge in [0, 0.05) is 18.7 Å². The van der Waals surface area contributed by atoms with E-state index in [0.717, 1.165) is 5.75 Å². The highest BCUT2D eigenvalue weighted by atomic mass is 16.5. The Morgan fingerprint density at radius 2 is 2.17 bits per heavy atom. The summed E-state index contributed by atoms with van der Waals surface area (Å²) < 4.78 is 10.6. The van der Waals surface area contributed by atoms with Gasteiger partial charge in [-0.1, -0.05) is 12.1 Å². The van der Waals surface area contributed by atoms with E-state index in [0.29, 0.717) is 12.3 Å². The first-order valence-corrected chi connectivity index (χ1v) is 5.96.